The molecule has 1 saturated carbocycles. The Bertz CT molecular complexity index is 1400. The normalized spacial score (nSPS) is 29.4. The summed E-state index contributed by atoms with van der Waals surface area (Å²) in [4.78, 5) is 40.0. The molecule has 5 N–H and O–H groups in total. The Balaban J connectivity index is 1.68. The lowest BCUT2D eigenvalue weighted by Gasteiger charge is -2.43. The summed E-state index contributed by atoms with van der Waals surface area (Å²) in [6, 6.07) is 4.45. The van der Waals surface area contributed by atoms with Crippen molar-refractivity contribution in [3.63, 3.8) is 0 Å². The average molecular weight is 555 g/mol. The van der Waals surface area contributed by atoms with E-state index in [4.69, 9.17) is 9.47 Å². The van der Waals surface area contributed by atoms with Crippen LogP contribution < -0.4 is 4.74 Å². The molecular formula is C30H34O10. The minimum Gasteiger partial charge on any atom is -0.507 e. The smallest absolute Gasteiger partial charge is 0.202 e. The minimum absolute atomic E-state index is 0.0120. The van der Waals surface area contributed by atoms with Crippen LogP contribution in [-0.4, -0.2) is 74.4 Å². The van der Waals surface area contributed by atoms with Crippen LogP contribution in [0.4, 0.5) is 0 Å². The highest BCUT2D eigenvalue weighted by Gasteiger charge is 2.50. The van der Waals surface area contributed by atoms with Gasteiger partial charge in [-0.25, -0.2) is 0 Å². The van der Waals surface area contributed by atoms with Crippen molar-refractivity contribution < 1.29 is 49.4 Å². The second-order valence-corrected chi connectivity index (χ2v) is 11.2. The first-order valence-electron chi connectivity index (χ1n) is 13.5. The zero-order chi connectivity index (χ0) is 29.1. The van der Waals surface area contributed by atoms with Gasteiger partial charge in [0.1, 0.15) is 29.5 Å². The summed E-state index contributed by atoms with van der Waals surface area (Å²) >= 11 is 0. The van der Waals surface area contributed by atoms with E-state index in [1.54, 1.807) is 0 Å². The summed E-state index contributed by atoms with van der Waals surface area (Å²) in [5, 5.41) is 54.5. The molecule has 6 atom stereocenters. The van der Waals surface area contributed by atoms with Crippen LogP contribution in [0.1, 0.15) is 88.6 Å². The zero-order valence-corrected chi connectivity index (χ0v) is 22.6. The number of hydrogen-bond donors (Lipinski definition) is 5. The van der Waals surface area contributed by atoms with Crippen LogP contribution in [0.15, 0.2) is 18.2 Å². The van der Waals surface area contributed by atoms with Crippen molar-refractivity contribution in [1.29, 1.82) is 0 Å². The van der Waals surface area contributed by atoms with Gasteiger partial charge in [-0.05, 0) is 30.7 Å². The number of Topliss-reactive ketones (excluding diaryl/α,β-unsaturated/α-hetero) is 1. The number of ether oxygens (including phenoxy) is 2. The molecule has 0 spiro atoms. The highest BCUT2D eigenvalue weighted by molar-refractivity contribution is 6.31. The van der Waals surface area contributed by atoms with Crippen molar-refractivity contribution in [2.45, 2.75) is 69.9 Å². The SMILES string of the molecule is CC[C@@H]1C[C@@H](O[C@@H]2C[C@@](O)(C(=O)CO)Cc3c(O)c4c(c(O)c32)C(=O)c2c(OC)cccc2C4=O)C[C@H](C)[C@@H]1O. The topological polar surface area (TPSA) is 171 Å². The number of aliphatic hydroxyl groups is 3. The second-order valence-electron chi connectivity index (χ2n) is 11.2. The molecule has 1 fully saturated rings. The fourth-order valence-electron chi connectivity index (χ4n) is 6.74. The lowest BCUT2D eigenvalue weighted by molar-refractivity contribution is -0.152. The van der Waals surface area contributed by atoms with Gasteiger partial charge in [0.2, 0.25) is 5.78 Å². The Morgan fingerprint density at radius 2 is 1.77 bits per heavy atom. The molecule has 214 valence electrons. The van der Waals surface area contributed by atoms with E-state index in [9.17, 15) is 39.9 Å². The third-order valence-electron chi connectivity index (χ3n) is 8.89. The number of aliphatic hydroxyl groups excluding tert-OH is 2. The maximum absolute atomic E-state index is 13.7. The number of phenolic OH excluding ortho intramolecular Hbond substituents is 2. The molecule has 2 aromatic rings. The number of carbonyl (C=O) groups is 3. The highest BCUT2D eigenvalue weighted by Crippen LogP contribution is 2.53. The number of phenols is 2. The Hall–Kier alpha value is -3.31. The number of hydrogen-bond acceptors (Lipinski definition) is 10. The molecule has 5 rings (SSSR count). The van der Waals surface area contributed by atoms with Gasteiger partial charge in [-0.1, -0.05) is 32.4 Å². The van der Waals surface area contributed by atoms with Crippen LogP contribution in [-0.2, 0) is 16.0 Å². The van der Waals surface area contributed by atoms with Crippen LogP contribution in [0.2, 0.25) is 0 Å². The first kappa shape index (κ1) is 28.2. The first-order chi connectivity index (χ1) is 19.0. The van der Waals surface area contributed by atoms with Crippen LogP contribution >= 0.6 is 0 Å². The molecule has 0 bridgehead atoms. The summed E-state index contributed by atoms with van der Waals surface area (Å²) in [6.07, 6.45) is -1.29. The van der Waals surface area contributed by atoms with Gasteiger partial charge in [0.05, 0.1) is 42.1 Å². The summed E-state index contributed by atoms with van der Waals surface area (Å²) in [6.45, 7) is 2.89. The van der Waals surface area contributed by atoms with Gasteiger partial charge >= 0.3 is 0 Å². The van der Waals surface area contributed by atoms with Gasteiger partial charge < -0.3 is 35.0 Å². The average Bonchev–Trinajstić information content (AvgIpc) is 2.94. The summed E-state index contributed by atoms with van der Waals surface area (Å²) < 4.78 is 11.7. The van der Waals surface area contributed by atoms with Crippen molar-refractivity contribution >= 4 is 17.3 Å². The van der Waals surface area contributed by atoms with Crippen LogP contribution in [0.3, 0.4) is 0 Å². The van der Waals surface area contributed by atoms with E-state index >= 15 is 0 Å². The molecule has 0 unspecified atom stereocenters. The van der Waals surface area contributed by atoms with Crippen LogP contribution in [0.5, 0.6) is 17.2 Å². The maximum atomic E-state index is 13.7. The Labute approximate surface area is 231 Å². The quantitative estimate of drug-likeness (QED) is 0.285. The monoisotopic (exact) mass is 554 g/mol. The molecule has 10 nitrogen and oxygen atoms in total. The lowest BCUT2D eigenvalue weighted by atomic mass is 9.71. The van der Waals surface area contributed by atoms with Crippen molar-refractivity contribution in [3.8, 4) is 17.2 Å². The zero-order valence-electron chi connectivity index (χ0n) is 22.6. The van der Waals surface area contributed by atoms with E-state index in [-0.39, 0.29) is 46.3 Å². The molecule has 2 aromatic carbocycles. The van der Waals surface area contributed by atoms with E-state index < -0.39 is 76.9 Å². The second kappa shape index (κ2) is 10.3. The number of fused-ring (bicyclic) bond motifs is 3. The molecule has 10 heteroatoms. The molecular weight excluding hydrogens is 520 g/mol. The van der Waals surface area contributed by atoms with E-state index in [1.807, 2.05) is 13.8 Å². The molecule has 0 radical (unpaired) electrons. The number of rotatable bonds is 6. The minimum atomic E-state index is -2.16. The van der Waals surface area contributed by atoms with Crippen molar-refractivity contribution in [1.82, 2.24) is 0 Å². The van der Waals surface area contributed by atoms with Crippen LogP contribution in [0, 0.1) is 11.8 Å². The number of methoxy groups -OCH3 is 1. The third kappa shape index (κ3) is 4.21. The van der Waals surface area contributed by atoms with E-state index in [1.165, 1.54) is 25.3 Å². The number of benzene rings is 2. The molecule has 0 saturated heterocycles. The molecule has 0 aliphatic heterocycles. The Morgan fingerprint density at radius 1 is 1.07 bits per heavy atom. The Kier molecular flexibility index (Phi) is 7.24. The molecule has 40 heavy (non-hydrogen) atoms. The lowest BCUT2D eigenvalue weighted by Crippen LogP contribution is -2.48. The fraction of sp³-hybridized carbons (Fsp3) is 0.500. The van der Waals surface area contributed by atoms with Crippen LogP contribution in [0.25, 0.3) is 0 Å². The number of ketones is 3. The predicted octanol–water partition coefficient (Wildman–Crippen LogP) is 2.36. The maximum Gasteiger partial charge on any atom is 0.202 e. The van der Waals surface area contributed by atoms with Gasteiger partial charge in [-0.2, -0.15) is 0 Å². The summed E-state index contributed by atoms with van der Waals surface area (Å²) in [7, 11) is 1.35. The first-order valence-corrected chi connectivity index (χ1v) is 13.5. The van der Waals surface area contributed by atoms with Gasteiger partial charge in [-0.15, -0.1) is 0 Å². The third-order valence-corrected chi connectivity index (χ3v) is 8.89. The summed E-state index contributed by atoms with van der Waals surface area (Å²) in [5.41, 5.74) is -3.13. The molecule has 3 aliphatic rings. The molecule has 0 amide bonds. The van der Waals surface area contributed by atoms with Gasteiger partial charge in [-0.3, -0.25) is 14.4 Å². The highest BCUT2D eigenvalue weighted by atomic mass is 16.5. The number of carbonyl (C=O) groups excluding carboxylic acids is 3. The number of aromatic hydroxyl groups is 2. The van der Waals surface area contributed by atoms with Gasteiger partial charge in [0, 0.05) is 29.5 Å². The van der Waals surface area contributed by atoms with E-state index in [0.29, 0.717) is 19.3 Å². The van der Waals surface area contributed by atoms with Crippen molar-refractivity contribution in [3.05, 3.63) is 51.6 Å². The van der Waals surface area contributed by atoms with Gasteiger partial charge in [0.25, 0.3) is 0 Å². The fourth-order valence-corrected chi connectivity index (χ4v) is 6.74. The molecule has 0 aromatic heterocycles. The Morgan fingerprint density at radius 3 is 2.42 bits per heavy atom. The standard InChI is InChI=1S/C30H34O10/c1-4-14-9-15(8-13(2)25(14)33)40-19-11-30(38,20(32)12-31)10-17-22(19)29(37)24-23(27(17)35)26(34)16-6-5-7-18(39-3)21(16)28(24)36/h5-7,13-15,19,25,31,33,35,37-38H,4,8-12H2,1-3H3/t13-,14+,15-,19+,25-,30+/m0/s1. The van der Waals surface area contributed by atoms with Crippen molar-refractivity contribution in [2.24, 2.45) is 11.8 Å². The van der Waals surface area contributed by atoms with Crippen molar-refractivity contribution in [2.75, 3.05) is 13.7 Å². The van der Waals surface area contributed by atoms with Gasteiger partial charge in [0.15, 0.2) is 11.6 Å². The van der Waals surface area contributed by atoms with E-state index in [2.05, 4.69) is 0 Å². The summed E-state index contributed by atoms with van der Waals surface area (Å²) in [5.74, 6) is -3.57. The molecule has 0 heterocycles. The largest absolute Gasteiger partial charge is 0.507 e. The molecule has 3 aliphatic carbocycles. The predicted molar refractivity (Wildman–Crippen MR) is 141 cm³/mol. The van der Waals surface area contributed by atoms with E-state index in [0.717, 1.165) is 0 Å².